The van der Waals surface area contributed by atoms with Gasteiger partial charge in [-0.15, -0.1) is 11.8 Å². The van der Waals surface area contributed by atoms with Gasteiger partial charge in [-0.05, 0) is 91.3 Å². The molecule has 5 rings (SSSR count). The van der Waals surface area contributed by atoms with Gasteiger partial charge in [0.05, 0.1) is 12.0 Å². The van der Waals surface area contributed by atoms with Gasteiger partial charge in [0, 0.05) is 18.6 Å². The van der Waals surface area contributed by atoms with Gasteiger partial charge >= 0.3 is 5.97 Å². The van der Waals surface area contributed by atoms with Crippen molar-refractivity contribution in [3.63, 3.8) is 0 Å². The average molecular weight is 544 g/mol. The highest BCUT2D eigenvalue weighted by atomic mass is 32.2. The van der Waals surface area contributed by atoms with Crippen LogP contribution in [0.1, 0.15) is 78.6 Å². The molecule has 4 saturated carbocycles. The molecular formula is C28H43F2NO5S. The molecule has 210 valence electrons. The van der Waals surface area contributed by atoms with Crippen LogP contribution in [0.2, 0.25) is 0 Å². The Balaban J connectivity index is 1.28. The number of hydrogen-bond acceptors (Lipinski definition) is 5. The highest BCUT2D eigenvalue weighted by molar-refractivity contribution is 7.99. The molecule has 0 aromatic heterocycles. The van der Waals surface area contributed by atoms with Crippen LogP contribution in [0.4, 0.5) is 8.78 Å². The molecule has 0 bridgehead atoms. The van der Waals surface area contributed by atoms with Crippen LogP contribution in [0.15, 0.2) is 0 Å². The van der Waals surface area contributed by atoms with Crippen molar-refractivity contribution in [1.29, 1.82) is 0 Å². The van der Waals surface area contributed by atoms with Crippen molar-refractivity contribution in [3.05, 3.63) is 0 Å². The Morgan fingerprint density at radius 3 is 2.49 bits per heavy atom. The van der Waals surface area contributed by atoms with Crippen LogP contribution in [0.25, 0.3) is 0 Å². The number of amides is 1. The van der Waals surface area contributed by atoms with E-state index in [9.17, 15) is 33.7 Å². The van der Waals surface area contributed by atoms with E-state index in [2.05, 4.69) is 13.8 Å². The van der Waals surface area contributed by atoms with Crippen LogP contribution < -0.4 is 0 Å². The van der Waals surface area contributed by atoms with E-state index in [4.69, 9.17) is 0 Å². The fourth-order valence-electron chi connectivity index (χ4n) is 9.79. The third-order valence-corrected chi connectivity index (χ3v) is 12.8. The molecule has 0 aromatic rings. The van der Waals surface area contributed by atoms with E-state index in [1.807, 2.05) is 6.92 Å². The molecule has 11 atom stereocenters. The number of alkyl halides is 2. The monoisotopic (exact) mass is 543 g/mol. The first-order valence-corrected chi connectivity index (χ1v) is 15.3. The number of carbonyl (C=O) groups excluding carboxylic acids is 1. The van der Waals surface area contributed by atoms with E-state index in [1.165, 1.54) is 16.7 Å². The quantitative estimate of drug-likeness (QED) is 0.468. The molecular weight excluding hydrogens is 500 g/mol. The molecule has 0 spiro atoms. The van der Waals surface area contributed by atoms with Crippen LogP contribution in [0.5, 0.6) is 0 Å². The Kier molecular flexibility index (Phi) is 7.18. The number of thioether (sulfide) groups is 1. The van der Waals surface area contributed by atoms with Gasteiger partial charge in [-0.2, -0.15) is 0 Å². The summed E-state index contributed by atoms with van der Waals surface area (Å²) in [6.07, 6.45) is 2.92. The SMILES string of the molecule is C[C@H](CCC(=O)N1CSCC1C(=O)O)[C@H]1CCC2C3C(O)C[C@@H]4C[C@@H](O)C(F)(F)C[C@]4(C)C3CC[C@@]21C. The normalized spacial score (nSPS) is 47.6. The minimum absolute atomic E-state index is 0.00238. The number of aliphatic hydroxyl groups excluding tert-OH is 2. The maximum Gasteiger partial charge on any atom is 0.327 e. The lowest BCUT2D eigenvalue weighted by molar-refractivity contribution is -0.236. The topological polar surface area (TPSA) is 98.1 Å². The number of rotatable bonds is 5. The molecule has 9 heteroatoms. The van der Waals surface area contributed by atoms with E-state index < -0.39 is 35.6 Å². The Labute approximate surface area is 222 Å². The van der Waals surface area contributed by atoms with Crippen LogP contribution >= 0.6 is 11.8 Å². The summed E-state index contributed by atoms with van der Waals surface area (Å²) in [7, 11) is 0. The summed E-state index contributed by atoms with van der Waals surface area (Å²) >= 11 is 1.48. The summed E-state index contributed by atoms with van der Waals surface area (Å²) in [4.78, 5) is 25.8. The molecule has 1 saturated heterocycles. The zero-order valence-corrected chi connectivity index (χ0v) is 23.1. The van der Waals surface area contributed by atoms with Gasteiger partial charge in [0.1, 0.15) is 12.1 Å². The maximum absolute atomic E-state index is 14.7. The second-order valence-corrected chi connectivity index (χ2v) is 14.4. The Hall–Kier alpha value is -0.930. The number of halogens is 2. The number of fused-ring (bicyclic) bond motifs is 5. The number of hydrogen-bond donors (Lipinski definition) is 3. The van der Waals surface area contributed by atoms with Crippen LogP contribution in [-0.4, -0.2) is 67.9 Å². The number of carbonyl (C=O) groups is 2. The molecule has 4 aliphatic carbocycles. The maximum atomic E-state index is 14.7. The van der Waals surface area contributed by atoms with Gasteiger partial charge in [-0.3, -0.25) is 4.79 Å². The molecule has 0 aromatic carbocycles. The predicted octanol–water partition coefficient (Wildman–Crippen LogP) is 4.62. The van der Waals surface area contributed by atoms with Crippen molar-refractivity contribution in [2.45, 2.75) is 103 Å². The summed E-state index contributed by atoms with van der Waals surface area (Å²) in [5.41, 5.74) is -0.573. The van der Waals surface area contributed by atoms with Gasteiger partial charge in [-0.1, -0.05) is 20.8 Å². The van der Waals surface area contributed by atoms with Crippen LogP contribution in [0, 0.1) is 46.3 Å². The molecule has 1 aliphatic heterocycles. The lowest BCUT2D eigenvalue weighted by Gasteiger charge is -2.63. The standard InChI is InChI=1S/C28H43F2NO5S/c1-15(4-7-23(34)31-14-37-12-20(31)25(35)36)17-5-6-18-24-19(8-9-26(17,18)2)27(3)13-28(29,30)22(33)11-16(27)10-21(24)32/h15-22,24,32-33H,4-14H2,1-3H3,(H,35,36)/t15-,16-,17-,18?,19?,20?,21?,22-,24?,26-,27+/m1/s1. The molecule has 0 radical (unpaired) electrons. The number of aliphatic carboxylic acids is 1. The van der Waals surface area contributed by atoms with Gasteiger partial charge in [0.15, 0.2) is 0 Å². The predicted molar refractivity (Wildman–Crippen MR) is 137 cm³/mol. The molecule has 1 amide bonds. The lowest BCUT2D eigenvalue weighted by atomic mass is 9.43. The van der Waals surface area contributed by atoms with Gasteiger partial charge < -0.3 is 20.2 Å². The third-order valence-electron chi connectivity index (χ3n) is 11.8. The lowest BCUT2D eigenvalue weighted by Crippen LogP contribution is -2.62. The van der Waals surface area contributed by atoms with E-state index >= 15 is 0 Å². The largest absolute Gasteiger partial charge is 0.480 e. The number of aliphatic hydroxyl groups is 2. The second kappa shape index (κ2) is 9.61. The Morgan fingerprint density at radius 2 is 1.78 bits per heavy atom. The summed E-state index contributed by atoms with van der Waals surface area (Å²) in [6.45, 7) is 6.51. The van der Waals surface area contributed by atoms with E-state index in [0.717, 1.165) is 25.7 Å². The van der Waals surface area contributed by atoms with E-state index in [1.54, 1.807) is 0 Å². The summed E-state index contributed by atoms with van der Waals surface area (Å²) in [5.74, 6) is -2.33. The molecule has 6 nitrogen and oxygen atoms in total. The van der Waals surface area contributed by atoms with Crippen LogP contribution in [-0.2, 0) is 9.59 Å². The number of nitrogens with zero attached hydrogens (tertiary/aromatic N) is 1. The third kappa shape index (κ3) is 4.43. The minimum atomic E-state index is -3.08. The van der Waals surface area contributed by atoms with Crippen molar-refractivity contribution < 1.29 is 33.7 Å². The Morgan fingerprint density at radius 1 is 1.08 bits per heavy atom. The molecule has 1 heterocycles. The Bertz CT molecular complexity index is 921. The number of carboxylic acid groups (broad SMARTS) is 1. The van der Waals surface area contributed by atoms with Gasteiger partial charge in [-0.25, -0.2) is 13.6 Å². The average Bonchev–Trinajstić information content (AvgIpc) is 3.44. The summed E-state index contributed by atoms with van der Waals surface area (Å²) in [5, 5.41) is 30.8. The fourth-order valence-corrected chi connectivity index (χ4v) is 11.0. The second-order valence-electron chi connectivity index (χ2n) is 13.4. The minimum Gasteiger partial charge on any atom is -0.480 e. The highest BCUT2D eigenvalue weighted by Crippen LogP contribution is 2.69. The van der Waals surface area contributed by atoms with E-state index in [-0.39, 0.29) is 53.8 Å². The van der Waals surface area contributed by atoms with Crippen molar-refractivity contribution in [2.75, 3.05) is 11.6 Å². The number of carboxylic acids is 1. The van der Waals surface area contributed by atoms with Crippen molar-refractivity contribution >= 4 is 23.6 Å². The van der Waals surface area contributed by atoms with Gasteiger partial charge in [0.25, 0.3) is 5.92 Å². The first-order chi connectivity index (χ1) is 17.3. The fraction of sp³-hybridized carbons (Fsp3) is 0.929. The molecule has 5 fully saturated rings. The van der Waals surface area contributed by atoms with E-state index in [0.29, 0.717) is 36.8 Å². The summed E-state index contributed by atoms with van der Waals surface area (Å²) in [6, 6.07) is -0.734. The van der Waals surface area contributed by atoms with Gasteiger partial charge in [0.2, 0.25) is 5.91 Å². The first kappa shape index (κ1) is 27.6. The molecule has 3 N–H and O–H groups in total. The zero-order chi connectivity index (χ0) is 26.9. The molecule has 5 aliphatic rings. The first-order valence-electron chi connectivity index (χ1n) is 14.1. The van der Waals surface area contributed by atoms with Crippen molar-refractivity contribution in [1.82, 2.24) is 4.90 Å². The highest BCUT2D eigenvalue weighted by Gasteiger charge is 2.66. The summed E-state index contributed by atoms with van der Waals surface area (Å²) < 4.78 is 29.5. The van der Waals surface area contributed by atoms with Crippen molar-refractivity contribution in [2.24, 2.45) is 46.3 Å². The zero-order valence-electron chi connectivity index (χ0n) is 22.2. The van der Waals surface area contributed by atoms with Crippen molar-refractivity contribution in [3.8, 4) is 0 Å². The molecule has 37 heavy (non-hydrogen) atoms. The molecule has 5 unspecified atom stereocenters. The smallest absolute Gasteiger partial charge is 0.327 e. The van der Waals surface area contributed by atoms with Crippen LogP contribution in [0.3, 0.4) is 0 Å².